The number of allylic oxidation sites excluding steroid dienone is 2. The first-order valence-corrected chi connectivity index (χ1v) is 10.9. The molecule has 155 valence electrons. The number of aryl methyl sites for hydroxylation is 1. The van der Waals surface area contributed by atoms with Gasteiger partial charge in [0.1, 0.15) is 5.76 Å². The molecule has 1 atom stereocenters. The van der Waals surface area contributed by atoms with Crippen LogP contribution in [0.15, 0.2) is 52.6 Å². The summed E-state index contributed by atoms with van der Waals surface area (Å²) in [5.74, 6) is 0.0187. The van der Waals surface area contributed by atoms with E-state index in [1.54, 1.807) is 50.9 Å². The van der Waals surface area contributed by atoms with Gasteiger partial charge >= 0.3 is 6.09 Å². The second-order valence-electron chi connectivity index (χ2n) is 7.36. The second-order valence-corrected chi connectivity index (χ2v) is 9.25. The fraction of sp³-hybridized carbons (Fsp3) is 0.381. The van der Waals surface area contributed by atoms with Crippen LogP contribution >= 0.6 is 0 Å². The molecule has 1 aromatic carbocycles. The van der Waals surface area contributed by atoms with E-state index in [2.05, 4.69) is 0 Å². The average molecular weight is 418 g/mol. The fourth-order valence-corrected chi connectivity index (χ4v) is 4.99. The van der Waals surface area contributed by atoms with E-state index in [0.717, 1.165) is 5.56 Å². The van der Waals surface area contributed by atoms with Crippen molar-refractivity contribution in [2.24, 2.45) is 0 Å². The van der Waals surface area contributed by atoms with Gasteiger partial charge in [-0.05, 0) is 56.9 Å². The van der Waals surface area contributed by atoms with Crippen molar-refractivity contribution in [3.05, 3.63) is 59.7 Å². The number of Topliss-reactive ketones (excluding diaryl/α,β-unsaturated/α-hetero) is 1. The molecule has 1 amide bonds. The van der Waals surface area contributed by atoms with Gasteiger partial charge in [0.15, 0.2) is 5.78 Å². The lowest BCUT2D eigenvalue weighted by molar-refractivity contribution is -0.118. The van der Waals surface area contributed by atoms with Gasteiger partial charge in [-0.1, -0.05) is 17.7 Å². The molecule has 0 aromatic heterocycles. The van der Waals surface area contributed by atoms with E-state index in [1.165, 1.54) is 15.3 Å². The Kier molecular flexibility index (Phi) is 6.24. The number of carbonyl (C=O) groups excluding carboxylic acids is 2. The van der Waals surface area contributed by atoms with Crippen LogP contribution in [0, 0.1) is 13.3 Å². The molecular weight excluding hydrogens is 392 g/mol. The summed E-state index contributed by atoms with van der Waals surface area (Å²) in [5, 5.41) is 0. The Balaban J connectivity index is 1.81. The monoisotopic (exact) mass is 417 g/mol. The lowest BCUT2D eigenvalue weighted by atomic mass is 9.95. The number of amides is 1. The van der Waals surface area contributed by atoms with Crippen LogP contribution < -0.4 is 0 Å². The van der Waals surface area contributed by atoms with Gasteiger partial charge in [-0.3, -0.25) is 4.79 Å². The summed E-state index contributed by atoms with van der Waals surface area (Å²) in [7, 11) is -0.629. The van der Waals surface area contributed by atoms with Crippen molar-refractivity contribution in [2.75, 3.05) is 20.6 Å². The Hall–Kier alpha value is -2.45. The summed E-state index contributed by atoms with van der Waals surface area (Å²) < 4.78 is 32.7. The van der Waals surface area contributed by atoms with Crippen molar-refractivity contribution in [3.8, 4) is 0 Å². The van der Waals surface area contributed by atoms with E-state index in [9.17, 15) is 18.0 Å². The zero-order valence-electron chi connectivity index (χ0n) is 16.8. The van der Waals surface area contributed by atoms with Gasteiger partial charge in [0.25, 0.3) is 0 Å². The molecule has 0 unspecified atom stereocenters. The Morgan fingerprint density at radius 2 is 1.86 bits per heavy atom. The molecule has 0 spiro atoms. The van der Waals surface area contributed by atoms with Crippen molar-refractivity contribution < 1.29 is 22.7 Å². The van der Waals surface area contributed by atoms with E-state index < -0.39 is 22.2 Å². The Labute approximate surface area is 171 Å². The fourth-order valence-electron chi connectivity index (χ4n) is 3.34. The molecule has 0 bridgehead atoms. The molecule has 8 heteroatoms. The van der Waals surface area contributed by atoms with Crippen LogP contribution in [0.5, 0.6) is 0 Å². The normalized spacial score (nSPS) is 20.0. The van der Waals surface area contributed by atoms with Crippen LogP contribution in [0.4, 0.5) is 4.79 Å². The van der Waals surface area contributed by atoms with E-state index in [-0.39, 0.29) is 10.7 Å². The molecule has 1 aliphatic carbocycles. The van der Waals surface area contributed by atoms with Crippen molar-refractivity contribution >= 4 is 21.9 Å². The number of ketones is 1. The third-order valence-electron chi connectivity index (χ3n) is 4.94. The Morgan fingerprint density at radius 1 is 1.17 bits per heavy atom. The zero-order chi connectivity index (χ0) is 21.2. The molecule has 0 N–H and O–H groups in total. The highest BCUT2D eigenvalue weighted by molar-refractivity contribution is 7.89. The number of rotatable bonds is 5. The highest BCUT2D eigenvalue weighted by Gasteiger charge is 2.40. The SMILES string of the molecule is Cc1ccc(S(=O)(=O)N2CCC[C@H]2C(=O)C2=CC(OC(=O)N(C)C)=CC[CH]2)cc1. The molecule has 1 aromatic rings. The number of hydrogen-bond donors (Lipinski definition) is 0. The largest absolute Gasteiger partial charge is 0.414 e. The number of benzene rings is 1. The van der Waals surface area contributed by atoms with E-state index in [4.69, 9.17) is 4.74 Å². The van der Waals surface area contributed by atoms with Gasteiger partial charge in [-0.25, -0.2) is 13.2 Å². The van der Waals surface area contributed by atoms with Gasteiger partial charge in [0, 0.05) is 26.2 Å². The molecular formula is C21H25N2O5S. The minimum absolute atomic E-state index is 0.185. The molecule has 7 nitrogen and oxygen atoms in total. The van der Waals surface area contributed by atoms with Crippen LogP contribution in [0.2, 0.25) is 0 Å². The van der Waals surface area contributed by atoms with Crippen LogP contribution in [0.1, 0.15) is 24.8 Å². The maximum Gasteiger partial charge on any atom is 0.414 e. The smallest absolute Gasteiger partial charge is 0.411 e. The summed E-state index contributed by atoms with van der Waals surface area (Å²) in [6.07, 6.45) is 5.91. The molecule has 0 saturated carbocycles. The number of carbonyl (C=O) groups is 2. The van der Waals surface area contributed by atoms with Crippen molar-refractivity contribution in [1.29, 1.82) is 0 Å². The van der Waals surface area contributed by atoms with E-state index >= 15 is 0 Å². The molecule has 29 heavy (non-hydrogen) atoms. The molecule has 3 rings (SSSR count). The van der Waals surface area contributed by atoms with Crippen molar-refractivity contribution in [3.63, 3.8) is 0 Å². The van der Waals surface area contributed by atoms with Crippen molar-refractivity contribution in [1.82, 2.24) is 9.21 Å². The summed E-state index contributed by atoms with van der Waals surface area (Å²) in [6, 6.07) is 5.87. The molecule has 1 aliphatic heterocycles. The van der Waals surface area contributed by atoms with Gasteiger partial charge in [-0.2, -0.15) is 4.31 Å². The Bertz CT molecular complexity index is 961. The Morgan fingerprint density at radius 3 is 2.52 bits per heavy atom. The molecule has 1 radical (unpaired) electrons. The van der Waals surface area contributed by atoms with Gasteiger partial charge in [-0.15, -0.1) is 0 Å². The van der Waals surface area contributed by atoms with Crippen LogP contribution in [0.25, 0.3) is 0 Å². The molecule has 2 aliphatic rings. The minimum atomic E-state index is -3.77. The third-order valence-corrected chi connectivity index (χ3v) is 6.87. The first kappa shape index (κ1) is 21.3. The molecule has 1 fully saturated rings. The maximum atomic E-state index is 13.1. The molecule has 1 heterocycles. The zero-order valence-corrected chi connectivity index (χ0v) is 17.6. The van der Waals surface area contributed by atoms with Gasteiger partial charge in [0.05, 0.1) is 10.9 Å². The van der Waals surface area contributed by atoms with Crippen LogP contribution in [-0.2, 0) is 19.6 Å². The topological polar surface area (TPSA) is 84.0 Å². The minimum Gasteiger partial charge on any atom is -0.411 e. The summed E-state index contributed by atoms with van der Waals surface area (Å²) in [6.45, 7) is 2.19. The number of ether oxygens (including phenoxy) is 1. The predicted molar refractivity (Wildman–Crippen MR) is 108 cm³/mol. The van der Waals surface area contributed by atoms with E-state index in [1.807, 2.05) is 6.92 Å². The second kappa shape index (κ2) is 8.51. The number of hydrogen-bond acceptors (Lipinski definition) is 5. The summed E-state index contributed by atoms with van der Waals surface area (Å²) in [5.41, 5.74) is 1.33. The van der Waals surface area contributed by atoms with Crippen molar-refractivity contribution in [2.45, 2.75) is 37.1 Å². The van der Waals surface area contributed by atoms with Crippen LogP contribution in [0.3, 0.4) is 0 Å². The highest BCUT2D eigenvalue weighted by atomic mass is 32.2. The highest BCUT2D eigenvalue weighted by Crippen LogP contribution is 2.30. The average Bonchev–Trinajstić information content (AvgIpc) is 3.18. The first-order chi connectivity index (χ1) is 13.7. The number of nitrogens with zero attached hydrogens (tertiary/aromatic N) is 2. The summed E-state index contributed by atoms with van der Waals surface area (Å²) >= 11 is 0. The third kappa shape index (κ3) is 4.59. The van der Waals surface area contributed by atoms with Gasteiger partial charge in [0.2, 0.25) is 10.0 Å². The standard InChI is InChI=1S/C21H25N2O5S/c1-15-9-11-18(12-10-15)29(26,27)23-13-5-8-19(23)20(24)16-6-4-7-17(14-16)28-21(25)22(2)3/h6-7,9-12,14,19H,4-5,8,13H2,1-3H3/t19-/m0/s1. The quantitative estimate of drug-likeness (QED) is 0.736. The lowest BCUT2D eigenvalue weighted by Crippen LogP contribution is -2.41. The first-order valence-electron chi connectivity index (χ1n) is 9.47. The number of sulfonamides is 1. The maximum absolute atomic E-state index is 13.1. The van der Waals surface area contributed by atoms with Crippen LogP contribution in [-0.4, -0.2) is 56.2 Å². The predicted octanol–water partition coefficient (Wildman–Crippen LogP) is 2.83. The molecule has 1 saturated heterocycles. The lowest BCUT2D eigenvalue weighted by Gasteiger charge is -2.25. The van der Waals surface area contributed by atoms with Gasteiger partial charge < -0.3 is 9.64 Å². The van der Waals surface area contributed by atoms with E-state index in [0.29, 0.717) is 37.1 Å². The summed E-state index contributed by atoms with van der Waals surface area (Å²) in [4.78, 5) is 26.4.